The average Bonchev–Trinajstić information content (AvgIpc) is 3.27. The average molecular weight is 454 g/mol. The number of nitrogens with one attached hydrogen (secondary N) is 1. The van der Waals surface area contributed by atoms with Crippen LogP contribution in [0.5, 0.6) is 0 Å². The molecule has 3 aromatic rings. The second-order valence-corrected chi connectivity index (χ2v) is 8.53. The summed E-state index contributed by atoms with van der Waals surface area (Å²) in [7, 11) is 2.09. The number of anilines is 1. The van der Waals surface area contributed by atoms with Gasteiger partial charge in [-0.1, -0.05) is 12.1 Å². The Hall–Kier alpha value is -3.19. The van der Waals surface area contributed by atoms with Crippen LogP contribution < -0.4 is 10.2 Å². The number of nitrogens with zero attached hydrogens (tertiary/aromatic N) is 2. The number of halogens is 2. The third-order valence-electron chi connectivity index (χ3n) is 6.08. The van der Waals surface area contributed by atoms with E-state index in [1.165, 1.54) is 18.2 Å². The van der Waals surface area contributed by atoms with Gasteiger partial charge < -0.3 is 19.5 Å². The van der Waals surface area contributed by atoms with Crippen molar-refractivity contribution in [3.05, 3.63) is 77.6 Å². The number of aryl methyl sites for hydroxylation is 1. The van der Waals surface area contributed by atoms with E-state index in [1.54, 1.807) is 36.4 Å². The number of piperazine rings is 1. The molecule has 7 heteroatoms. The Balaban J connectivity index is 1.38. The number of rotatable bonds is 7. The van der Waals surface area contributed by atoms with Gasteiger partial charge in [-0.25, -0.2) is 8.78 Å². The Kier molecular flexibility index (Phi) is 7.08. The molecule has 1 aliphatic rings. The molecule has 1 aliphatic heterocycles. The lowest BCUT2D eigenvalue weighted by Gasteiger charge is -2.36. The van der Waals surface area contributed by atoms with Crippen molar-refractivity contribution in [3.8, 4) is 11.3 Å². The lowest BCUT2D eigenvalue weighted by molar-refractivity contribution is -0.121. The van der Waals surface area contributed by atoms with E-state index in [0.29, 0.717) is 23.5 Å². The molecule has 0 aliphatic carbocycles. The first-order valence-corrected chi connectivity index (χ1v) is 11.3. The zero-order valence-electron chi connectivity index (χ0n) is 19.0. The van der Waals surface area contributed by atoms with Gasteiger partial charge >= 0.3 is 0 Å². The van der Waals surface area contributed by atoms with E-state index in [1.807, 2.05) is 6.92 Å². The number of benzene rings is 2. The minimum atomic E-state index is -0.351. The van der Waals surface area contributed by atoms with E-state index in [-0.39, 0.29) is 30.0 Å². The number of amides is 1. The Labute approximate surface area is 193 Å². The Morgan fingerprint density at radius 1 is 1.06 bits per heavy atom. The molecular formula is C26H29F2N3O2. The maximum atomic E-state index is 14.0. The van der Waals surface area contributed by atoms with Crippen molar-refractivity contribution in [3.63, 3.8) is 0 Å². The van der Waals surface area contributed by atoms with Crippen molar-refractivity contribution in [2.75, 3.05) is 38.1 Å². The van der Waals surface area contributed by atoms with Gasteiger partial charge in [0.15, 0.2) is 0 Å². The molecule has 1 unspecified atom stereocenters. The Morgan fingerprint density at radius 3 is 2.58 bits per heavy atom. The number of carbonyl (C=O) groups is 1. The zero-order chi connectivity index (χ0) is 23.4. The van der Waals surface area contributed by atoms with Crippen molar-refractivity contribution >= 4 is 11.6 Å². The van der Waals surface area contributed by atoms with Crippen LogP contribution in [0.15, 0.2) is 59.0 Å². The summed E-state index contributed by atoms with van der Waals surface area (Å²) < 4.78 is 33.7. The van der Waals surface area contributed by atoms with Gasteiger partial charge in [0.05, 0.1) is 11.6 Å². The monoisotopic (exact) mass is 453 g/mol. The molecule has 1 amide bonds. The normalized spacial score (nSPS) is 15.5. The van der Waals surface area contributed by atoms with Crippen molar-refractivity contribution in [1.82, 2.24) is 10.2 Å². The van der Waals surface area contributed by atoms with Crippen LogP contribution in [0.3, 0.4) is 0 Å². The zero-order valence-corrected chi connectivity index (χ0v) is 19.0. The minimum absolute atomic E-state index is 0.153. The summed E-state index contributed by atoms with van der Waals surface area (Å²) in [6.07, 6.45) is 0.606. The Morgan fingerprint density at radius 2 is 1.82 bits per heavy atom. The highest BCUT2D eigenvalue weighted by Gasteiger charge is 2.21. The molecule has 1 saturated heterocycles. The van der Waals surface area contributed by atoms with Gasteiger partial charge in [-0.2, -0.15) is 0 Å². The largest absolute Gasteiger partial charge is 0.461 e. The van der Waals surface area contributed by atoms with Gasteiger partial charge in [0, 0.05) is 50.3 Å². The standard InChI is InChI=1S/C26H29F2N3O2/c1-18(22-17-19(27)7-10-24(22)31-15-13-30(2)14-16-31)29-26(32)12-9-20-8-11-25(33-20)21-5-3-4-6-23(21)28/h3-8,10-11,17-18H,9,12-16H2,1-2H3,(H,29,32). The number of hydrogen-bond acceptors (Lipinski definition) is 4. The van der Waals surface area contributed by atoms with E-state index in [9.17, 15) is 13.6 Å². The number of likely N-dealkylation sites (N-methyl/N-ethyl adjacent to an activating group) is 1. The maximum Gasteiger partial charge on any atom is 0.220 e. The van der Waals surface area contributed by atoms with Crippen molar-refractivity contribution in [2.24, 2.45) is 0 Å². The fourth-order valence-electron chi connectivity index (χ4n) is 4.15. The smallest absolute Gasteiger partial charge is 0.220 e. The summed E-state index contributed by atoms with van der Waals surface area (Å²) in [4.78, 5) is 17.1. The maximum absolute atomic E-state index is 14.0. The van der Waals surface area contributed by atoms with Gasteiger partial charge in [0.25, 0.3) is 0 Å². The van der Waals surface area contributed by atoms with Gasteiger partial charge in [-0.05, 0) is 56.4 Å². The SMILES string of the molecule is CC(NC(=O)CCc1ccc(-c2ccccc2F)o1)c1cc(F)ccc1N1CCN(C)CC1. The molecule has 1 atom stereocenters. The first kappa shape index (κ1) is 23.0. The summed E-state index contributed by atoms with van der Waals surface area (Å²) in [6.45, 7) is 5.47. The first-order chi connectivity index (χ1) is 15.9. The van der Waals surface area contributed by atoms with Crippen molar-refractivity contribution in [1.29, 1.82) is 0 Å². The predicted octanol–water partition coefficient (Wildman–Crippen LogP) is 4.79. The lowest BCUT2D eigenvalue weighted by Crippen LogP contribution is -2.45. The highest BCUT2D eigenvalue weighted by atomic mass is 19.1. The second-order valence-electron chi connectivity index (χ2n) is 8.53. The predicted molar refractivity (Wildman–Crippen MR) is 125 cm³/mol. The molecule has 174 valence electrons. The van der Waals surface area contributed by atoms with E-state index >= 15 is 0 Å². The van der Waals surface area contributed by atoms with E-state index < -0.39 is 0 Å². The minimum Gasteiger partial charge on any atom is -0.461 e. The van der Waals surface area contributed by atoms with Crippen LogP contribution in [0, 0.1) is 11.6 Å². The summed E-state index contributed by atoms with van der Waals surface area (Å²) >= 11 is 0. The fourth-order valence-corrected chi connectivity index (χ4v) is 4.15. The fraction of sp³-hybridized carbons (Fsp3) is 0.346. The van der Waals surface area contributed by atoms with Crippen LogP contribution >= 0.6 is 0 Å². The van der Waals surface area contributed by atoms with E-state index in [2.05, 4.69) is 22.2 Å². The molecule has 2 heterocycles. The highest BCUT2D eigenvalue weighted by molar-refractivity contribution is 5.77. The summed E-state index contributed by atoms with van der Waals surface area (Å²) in [5.41, 5.74) is 2.12. The van der Waals surface area contributed by atoms with Crippen LogP contribution in [-0.2, 0) is 11.2 Å². The first-order valence-electron chi connectivity index (χ1n) is 11.3. The molecular weight excluding hydrogens is 424 g/mol. The molecule has 2 aromatic carbocycles. The number of carbonyl (C=O) groups excluding carboxylic acids is 1. The van der Waals surface area contributed by atoms with Crippen molar-refractivity contribution in [2.45, 2.75) is 25.8 Å². The quantitative estimate of drug-likeness (QED) is 0.559. The molecule has 0 saturated carbocycles. The van der Waals surface area contributed by atoms with Crippen LogP contribution in [0.2, 0.25) is 0 Å². The molecule has 1 fully saturated rings. The molecule has 4 rings (SSSR count). The highest BCUT2D eigenvalue weighted by Crippen LogP contribution is 2.29. The summed E-state index contributed by atoms with van der Waals surface area (Å²) in [6, 6.07) is 14.3. The lowest BCUT2D eigenvalue weighted by atomic mass is 10.0. The van der Waals surface area contributed by atoms with E-state index in [0.717, 1.165) is 37.4 Å². The summed E-state index contributed by atoms with van der Waals surface area (Å²) in [5.74, 6) is 0.227. The van der Waals surface area contributed by atoms with E-state index in [4.69, 9.17) is 4.42 Å². The third-order valence-corrected chi connectivity index (χ3v) is 6.08. The topological polar surface area (TPSA) is 48.7 Å². The molecule has 5 nitrogen and oxygen atoms in total. The molecule has 0 spiro atoms. The molecule has 0 bridgehead atoms. The number of hydrogen-bond donors (Lipinski definition) is 1. The molecule has 33 heavy (non-hydrogen) atoms. The van der Waals surface area contributed by atoms with Crippen LogP contribution in [0.25, 0.3) is 11.3 Å². The third kappa shape index (κ3) is 5.60. The van der Waals surface area contributed by atoms with Gasteiger partial charge in [0.2, 0.25) is 5.91 Å². The van der Waals surface area contributed by atoms with Crippen LogP contribution in [-0.4, -0.2) is 44.0 Å². The Bertz CT molecular complexity index is 1110. The van der Waals surface area contributed by atoms with Crippen molar-refractivity contribution < 1.29 is 18.0 Å². The molecule has 0 radical (unpaired) electrons. The van der Waals surface area contributed by atoms with Crippen LogP contribution in [0.1, 0.15) is 30.7 Å². The van der Waals surface area contributed by atoms with Gasteiger partial charge in [-0.15, -0.1) is 0 Å². The second kappa shape index (κ2) is 10.2. The van der Waals surface area contributed by atoms with Crippen LogP contribution in [0.4, 0.5) is 14.5 Å². The summed E-state index contributed by atoms with van der Waals surface area (Å²) in [5, 5.41) is 2.99. The molecule has 1 N–H and O–H groups in total. The van der Waals surface area contributed by atoms with Gasteiger partial charge in [-0.3, -0.25) is 4.79 Å². The molecule has 1 aromatic heterocycles. The van der Waals surface area contributed by atoms with Gasteiger partial charge in [0.1, 0.15) is 23.2 Å². The number of furan rings is 1.